The van der Waals surface area contributed by atoms with Crippen LogP contribution in [0.1, 0.15) is 6.42 Å². The molecule has 0 unspecified atom stereocenters. The highest BCUT2D eigenvalue weighted by atomic mass is 32.2. The molecular formula is C6H10O2S2. The van der Waals surface area contributed by atoms with E-state index in [1.54, 1.807) is 18.3 Å². The zero-order valence-corrected chi connectivity index (χ0v) is 7.25. The minimum Gasteiger partial charge on any atom is -0.433 e. The van der Waals surface area contributed by atoms with Crippen molar-refractivity contribution in [3.05, 3.63) is 12.3 Å². The van der Waals surface area contributed by atoms with E-state index in [0.717, 1.165) is 12.4 Å². The Labute approximate surface area is 69.8 Å². The Morgan fingerprint density at radius 3 is 2.50 bits per heavy atom. The van der Waals surface area contributed by atoms with Crippen molar-refractivity contribution in [1.82, 2.24) is 0 Å². The van der Waals surface area contributed by atoms with Crippen LogP contribution in [0, 0.1) is 0 Å². The van der Waals surface area contributed by atoms with Crippen LogP contribution in [0.15, 0.2) is 12.3 Å². The first kappa shape index (κ1) is 8.30. The van der Waals surface area contributed by atoms with Gasteiger partial charge in [-0.3, -0.25) is 0 Å². The van der Waals surface area contributed by atoms with Crippen molar-refractivity contribution in [2.75, 3.05) is 18.1 Å². The van der Waals surface area contributed by atoms with Gasteiger partial charge in [-0.15, -0.1) is 0 Å². The van der Waals surface area contributed by atoms with Crippen molar-refractivity contribution in [2.45, 2.75) is 6.42 Å². The highest BCUT2D eigenvalue weighted by Crippen LogP contribution is 2.12. The zero-order valence-electron chi connectivity index (χ0n) is 5.62. The van der Waals surface area contributed by atoms with Gasteiger partial charge >= 0.3 is 0 Å². The molecule has 0 amide bonds. The van der Waals surface area contributed by atoms with Gasteiger partial charge < -0.3 is 8.37 Å². The van der Waals surface area contributed by atoms with Gasteiger partial charge in [0, 0.05) is 5.75 Å². The fourth-order valence-electron chi connectivity index (χ4n) is 0.491. The molecular weight excluding hydrogens is 168 g/mol. The first-order valence-electron chi connectivity index (χ1n) is 3.18. The third-order valence-electron chi connectivity index (χ3n) is 0.923. The molecule has 10 heavy (non-hydrogen) atoms. The fourth-order valence-corrected chi connectivity index (χ4v) is 1.47. The molecule has 0 spiro atoms. The second kappa shape index (κ2) is 5.95. The summed E-state index contributed by atoms with van der Waals surface area (Å²) in [4.78, 5) is 0. The monoisotopic (exact) mass is 178 g/mol. The minimum atomic E-state index is 0.963. The second-order valence-corrected chi connectivity index (χ2v) is 3.39. The van der Waals surface area contributed by atoms with Crippen molar-refractivity contribution < 1.29 is 8.37 Å². The Kier molecular flexibility index (Phi) is 4.93. The smallest absolute Gasteiger partial charge is 0.0979 e. The summed E-state index contributed by atoms with van der Waals surface area (Å²) in [7, 11) is 0. The molecule has 2 heterocycles. The van der Waals surface area contributed by atoms with E-state index < -0.39 is 0 Å². The maximum Gasteiger partial charge on any atom is 0.0979 e. The normalized spacial score (nSPS) is 21.6. The molecule has 1 fully saturated rings. The molecule has 0 aliphatic carbocycles. The lowest BCUT2D eigenvalue weighted by molar-refractivity contribution is 0.404. The highest BCUT2D eigenvalue weighted by molar-refractivity contribution is 7.95. The van der Waals surface area contributed by atoms with E-state index in [2.05, 4.69) is 4.18 Å². The largest absolute Gasteiger partial charge is 0.433 e. The molecule has 58 valence electrons. The van der Waals surface area contributed by atoms with Gasteiger partial charge in [0.1, 0.15) is 0 Å². The van der Waals surface area contributed by atoms with Crippen LogP contribution in [0.4, 0.5) is 0 Å². The van der Waals surface area contributed by atoms with Gasteiger partial charge in [0.25, 0.3) is 0 Å². The molecule has 0 aromatic carbocycles. The lowest BCUT2D eigenvalue weighted by Crippen LogP contribution is -1.69. The summed E-state index contributed by atoms with van der Waals surface area (Å²) in [5.41, 5.74) is 0. The highest BCUT2D eigenvalue weighted by Gasteiger charge is 1.96. The molecule has 0 saturated carbocycles. The Morgan fingerprint density at radius 2 is 2.30 bits per heavy atom. The van der Waals surface area contributed by atoms with Crippen LogP contribution in [0.2, 0.25) is 0 Å². The molecule has 4 heteroatoms. The molecule has 2 aliphatic rings. The molecule has 2 rings (SSSR count). The van der Waals surface area contributed by atoms with E-state index in [4.69, 9.17) is 4.18 Å². The van der Waals surface area contributed by atoms with Crippen molar-refractivity contribution in [1.29, 1.82) is 0 Å². The average Bonchev–Trinajstić information content (AvgIpc) is 2.67. The van der Waals surface area contributed by atoms with E-state index in [1.807, 2.05) is 6.08 Å². The molecule has 0 atom stereocenters. The van der Waals surface area contributed by atoms with Crippen LogP contribution < -0.4 is 0 Å². The van der Waals surface area contributed by atoms with E-state index in [-0.39, 0.29) is 0 Å². The molecule has 0 aromatic rings. The third-order valence-corrected chi connectivity index (χ3v) is 2.29. The van der Waals surface area contributed by atoms with Crippen LogP contribution in [0.5, 0.6) is 0 Å². The Hall–Kier alpha value is 0.200. The lowest BCUT2D eigenvalue weighted by Gasteiger charge is -1.76. The summed E-state index contributed by atoms with van der Waals surface area (Å²) in [6.45, 7) is 0.963. The van der Waals surface area contributed by atoms with Gasteiger partial charge in [-0.25, -0.2) is 0 Å². The fraction of sp³-hybridized carbons (Fsp3) is 0.667. The topological polar surface area (TPSA) is 18.5 Å². The maximum absolute atomic E-state index is 4.86. The Bertz CT molecular complexity index is 88.3. The van der Waals surface area contributed by atoms with Crippen molar-refractivity contribution >= 4 is 24.1 Å². The molecule has 0 bridgehead atoms. The molecule has 1 saturated heterocycles. The summed E-state index contributed by atoms with van der Waals surface area (Å²) < 4.78 is 9.54. The van der Waals surface area contributed by atoms with Gasteiger partial charge in [0.15, 0.2) is 0 Å². The van der Waals surface area contributed by atoms with E-state index in [0.29, 0.717) is 0 Å². The average molecular weight is 178 g/mol. The van der Waals surface area contributed by atoms with E-state index >= 15 is 0 Å². The number of hydrogen-bond donors (Lipinski definition) is 0. The third kappa shape index (κ3) is 4.09. The molecule has 0 aromatic heterocycles. The van der Waals surface area contributed by atoms with Crippen molar-refractivity contribution in [2.24, 2.45) is 0 Å². The number of rotatable bonds is 0. The number of hydrogen-bond acceptors (Lipinski definition) is 4. The Balaban J connectivity index is 0.0000001000. The van der Waals surface area contributed by atoms with Gasteiger partial charge in [0.05, 0.1) is 30.7 Å². The van der Waals surface area contributed by atoms with Crippen molar-refractivity contribution in [3.63, 3.8) is 0 Å². The quantitative estimate of drug-likeness (QED) is 0.529. The van der Waals surface area contributed by atoms with Crippen LogP contribution in [-0.2, 0) is 8.37 Å². The maximum atomic E-state index is 4.86. The zero-order chi connectivity index (χ0) is 7.07. The van der Waals surface area contributed by atoms with E-state index in [1.165, 1.54) is 24.2 Å². The summed E-state index contributed by atoms with van der Waals surface area (Å²) >= 11 is 3.04. The predicted molar refractivity (Wildman–Crippen MR) is 45.7 cm³/mol. The Morgan fingerprint density at radius 1 is 1.30 bits per heavy atom. The van der Waals surface area contributed by atoms with Gasteiger partial charge in [-0.1, -0.05) is 0 Å². The van der Waals surface area contributed by atoms with Crippen LogP contribution in [0.3, 0.4) is 0 Å². The molecule has 2 nitrogen and oxygen atoms in total. The summed E-state index contributed by atoms with van der Waals surface area (Å²) in [5, 5.41) is 0. The standard InChI is InChI=1S/C3H6OS.C3H4OS/c2*1-2-4-5-3-1/h1-3H2;1-2H,3H2. The van der Waals surface area contributed by atoms with Gasteiger partial charge in [0.2, 0.25) is 0 Å². The summed E-state index contributed by atoms with van der Waals surface area (Å²) in [5.74, 6) is 2.21. The van der Waals surface area contributed by atoms with Crippen LogP contribution in [-0.4, -0.2) is 18.1 Å². The first-order valence-corrected chi connectivity index (χ1v) is 5.00. The minimum absolute atomic E-state index is 0.963. The predicted octanol–water partition coefficient (Wildman–Crippen LogP) is 2.23. The summed E-state index contributed by atoms with van der Waals surface area (Å²) in [6, 6.07) is 0. The molecule has 0 N–H and O–H groups in total. The van der Waals surface area contributed by atoms with E-state index in [9.17, 15) is 0 Å². The second-order valence-electron chi connectivity index (χ2n) is 1.75. The SMILES string of the molecule is C1=COSC1.C1COSC1. The van der Waals surface area contributed by atoms with Gasteiger partial charge in [-0.2, -0.15) is 0 Å². The first-order chi connectivity index (χ1) is 5.00. The molecule has 2 aliphatic heterocycles. The van der Waals surface area contributed by atoms with Crippen LogP contribution >= 0.6 is 24.1 Å². The van der Waals surface area contributed by atoms with Gasteiger partial charge in [-0.05, 0) is 24.5 Å². The summed E-state index contributed by atoms with van der Waals surface area (Å²) in [6.07, 6.45) is 4.92. The molecule has 0 radical (unpaired) electrons. The lowest BCUT2D eigenvalue weighted by atomic mass is 10.5. The van der Waals surface area contributed by atoms with Crippen LogP contribution in [0.25, 0.3) is 0 Å². The van der Waals surface area contributed by atoms with Crippen molar-refractivity contribution in [3.8, 4) is 0 Å².